The maximum atomic E-state index is 12.8. The van der Waals surface area contributed by atoms with Crippen LogP contribution in [0.2, 0.25) is 0 Å². The van der Waals surface area contributed by atoms with Crippen LogP contribution in [0, 0.1) is 18.8 Å². The van der Waals surface area contributed by atoms with Crippen molar-refractivity contribution in [1.29, 1.82) is 0 Å². The number of hydrogen-bond donors (Lipinski definition) is 0. The molecule has 30 heavy (non-hydrogen) atoms. The topological polar surface area (TPSA) is 51.7 Å². The minimum absolute atomic E-state index is 0.118. The van der Waals surface area contributed by atoms with Crippen LogP contribution in [-0.4, -0.2) is 29.4 Å². The van der Waals surface area contributed by atoms with Gasteiger partial charge >= 0.3 is 0 Å². The van der Waals surface area contributed by atoms with Gasteiger partial charge in [0.15, 0.2) is 0 Å². The number of rotatable bonds is 7. The number of amides is 1. The first kappa shape index (κ1) is 22.1. The monoisotopic (exact) mass is 410 g/mol. The number of nitrogens with zero attached hydrogens (tertiary/aromatic N) is 2. The van der Waals surface area contributed by atoms with Crippen LogP contribution in [0.1, 0.15) is 62.7 Å². The molecule has 0 spiro atoms. The Bertz CT molecular complexity index is 892. The van der Waals surface area contributed by atoms with Crippen molar-refractivity contribution in [1.82, 2.24) is 9.88 Å². The highest BCUT2D eigenvalue weighted by Crippen LogP contribution is 2.37. The first-order valence-electron chi connectivity index (χ1n) is 10.9. The van der Waals surface area contributed by atoms with E-state index in [2.05, 4.69) is 49.7 Å². The van der Waals surface area contributed by atoms with Crippen LogP contribution in [0.25, 0.3) is 0 Å². The molecular weight excluding hydrogens is 376 g/mol. The lowest BCUT2D eigenvalue weighted by atomic mass is 9.85. The van der Waals surface area contributed by atoms with Gasteiger partial charge in [-0.05, 0) is 60.6 Å². The lowest BCUT2D eigenvalue weighted by molar-refractivity contribution is -0.136. The molecule has 3 rings (SSSR count). The van der Waals surface area contributed by atoms with Gasteiger partial charge in [-0.15, -0.1) is 0 Å². The van der Waals surface area contributed by atoms with E-state index in [1.165, 1.54) is 11.1 Å². The zero-order chi connectivity index (χ0) is 21.8. The van der Waals surface area contributed by atoms with Gasteiger partial charge in [-0.25, -0.2) is 0 Å². The minimum atomic E-state index is 0.118. The van der Waals surface area contributed by atoms with E-state index in [4.69, 9.17) is 9.47 Å². The molecule has 162 valence electrons. The fraction of sp³-hybridized carbons (Fsp3) is 0.520. The van der Waals surface area contributed by atoms with Gasteiger partial charge in [-0.1, -0.05) is 33.8 Å². The van der Waals surface area contributed by atoms with E-state index in [1.807, 2.05) is 25.1 Å². The third-order valence-corrected chi connectivity index (χ3v) is 5.59. The number of aromatic nitrogens is 1. The van der Waals surface area contributed by atoms with E-state index >= 15 is 0 Å². The molecule has 1 aliphatic heterocycles. The van der Waals surface area contributed by atoms with Crippen molar-refractivity contribution in [2.24, 2.45) is 11.8 Å². The van der Waals surface area contributed by atoms with Crippen LogP contribution >= 0.6 is 0 Å². The van der Waals surface area contributed by atoms with Gasteiger partial charge in [0.05, 0.1) is 13.2 Å². The standard InChI is InChI=1S/C25H34N2O3/c1-16(2)13-24(28)27-12-11-19-14-20(8-9-21(19)25(27)17(3)4)30-15-22-23(29-6)10-7-18(5)26-22/h7-10,14,16-17,25H,11-13,15H2,1-6H3. The molecular formula is C25H34N2O3. The van der Waals surface area contributed by atoms with Gasteiger partial charge in [-0.2, -0.15) is 0 Å². The quantitative estimate of drug-likeness (QED) is 0.637. The highest BCUT2D eigenvalue weighted by Gasteiger charge is 2.33. The van der Waals surface area contributed by atoms with E-state index in [9.17, 15) is 4.79 Å². The van der Waals surface area contributed by atoms with Crippen LogP contribution in [0.15, 0.2) is 30.3 Å². The highest BCUT2D eigenvalue weighted by atomic mass is 16.5. The molecule has 5 heteroatoms. The molecule has 2 aromatic rings. The number of carbonyl (C=O) groups is 1. The Kier molecular flexibility index (Phi) is 7.01. The number of carbonyl (C=O) groups excluding carboxylic acids is 1. The molecule has 0 fully saturated rings. The summed E-state index contributed by atoms with van der Waals surface area (Å²) in [6.07, 6.45) is 1.46. The van der Waals surface area contributed by atoms with Crippen LogP contribution in [0.4, 0.5) is 0 Å². The first-order chi connectivity index (χ1) is 14.3. The molecule has 1 atom stereocenters. The van der Waals surface area contributed by atoms with E-state index in [-0.39, 0.29) is 11.9 Å². The largest absolute Gasteiger partial charge is 0.495 e. The Morgan fingerprint density at radius 2 is 1.97 bits per heavy atom. The predicted molar refractivity (Wildman–Crippen MR) is 119 cm³/mol. The van der Waals surface area contributed by atoms with Crippen molar-refractivity contribution in [3.63, 3.8) is 0 Å². The Labute approximate surface area is 180 Å². The second kappa shape index (κ2) is 9.50. The minimum Gasteiger partial charge on any atom is -0.495 e. The lowest BCUT2D eigenvalue weighted by Gasteiger charge is -2.40. The third kappa shape index (κ3) is 4.94. The van der Waals surface area contributed by atoms with Gasteiger partial charge in [-0.3, -0.25) is 9.78 Å². The predicted octanol–water partition coefficient (Wildman–Crippen LogP) is 5.11. The summed E-state index contributed by atoms with van der Waals surface area (Å²) in [6.45, 7) is 11.7. The van der Waals surface area contributed by atoms with Gasteiger partial charge in [0.25, 0.3) is 0 Å². The number of benzene rings is 1. The number of pyridine rings is 1. The van der Waals surface area contributed by atoms with Gasteiger partial charge in [0.1, 0.15) is 23.8 Å². The number of methoxy groups -OCH3 is 1. The van der Waals surface area contributed by atoms with Crippen molar-refractivity contribution in [2.45, 2.75) is 60.1 Å². The maximum absolute atomic E-state index is 12.8. The fourth-order valence-electron chi connectivity index (χ4n) is 4.23. The molecule has 1 aliphatic rings. The molecule has 1 amide bonds. The average Bonchev–Trinajstić information content (AvgIpc) is 2.70. The van der Waals surface area contributed by atoms with E-state index < -0.39 is 0 Å². The summed E-state index contributed by atoms with van der Waals surface area (Å²) in [6, 6.07) is 10.2. The zero-order valence-corrected chi connectivity index (χ0v) is 19.1. The molecule has 2 heterocycles. The normalized spacial score (nSPS) is 16.0. The molecule has 0 bridgehead atoms. The van der Waals surface area contributed by atoms with Gasteiger partial charge in [0, 0.05) is 18.7 Å². The summed E-state index contributed by atoms with van der Waals surface area (Å²) >= 11 is 0. The maximum Gasteiger partial charge on any atom is 0.223 e. The van der Waals surface area contributed by atoms with Crippen LogP contribution in [0.5, 0.6) is 11.5 Å². The first-order valence-corrected chi connectivity index (χ1v) is 10.9. The Hall–Kier alpha value is -2.56. The van der Waals surface area contributed by atoms with Crippen molar-refractivity contribution in [2.75, 3.05) is 13.7 Å². The van der Waals surface area contributed by atoms with Crippen LogP contribution in [0.3, 0.4) is 0 Å². The van der Waals surface area contributed by atoms with E-state index in [1.54, 1.807) is 7.11 Å². The molecule has 0 saturated heterocycles. The van der Waals surface area contributed by atoms with E-state index in [0.29, 0.717) is 24.9 Å². The number of aryl methyl sites for hydroxylation is 1. The third-order valence-electron chi connectivity index (χ3n) is 5.59. The second-order valence-electron chi connectivity index (χ2n) is 8.87. The Balaban J connectivity index is 1.79. The zero-order valence-electron chi connectivity index (χ0n) is 19.1. The smallest absolute Gasteiger partial charge is 0.223 e. The summed E-state index contributed by atoms with van der Waals surface area (Å²) in [5, 5.41) is 0. The highest BCUT2D eigenvalue weighted by molar-refractivity contribution is 5.77. The van der Waals surface area contributed by atoms with Gasteiger partial charge < -0.3 is 14.4 Å². The SMILES string of the molecule is COc1ccc(C)nc1COc1ccc2c(c1)CCN(C(=O)CC(C)C)C2C(C)C. The lowest BCUT2D eigenvalue weighted by Crippen LogP contribution is -2.42. The van der Waals surface area contributed by atoms with Crippen molar-refractivity contribution in [3.8, 4) is 11.5 Å². The number of ether oxygens (including phenoxy) is 2. The molecule has 1 aromatic heterocycles. The summed E-state index contributed by atoms with van der Waals surface area (Å²) in [5.41, 5.74) is 4.24. The molecule has 0 saturated carbocycles. The Morgan fingerprint density at radius 3 is 2.63 bits per heavy atom. The summed E-state index contributed by atoms with van der Waals surface area (Å²) in [4.78, 5) is 19.4. The Morgan fingerprint density at radius 1 is 1.20 bits per heavy atom. The molecule has 1 unspecified atom stereocenters. The van der Waals surface area contributed by atoms with Gasteiger partial charge in [0.2, 0.25) is 5.91 Å². The average molecular weight is 411 g/mol. The molecule has 0 radical (unpaired) electrons. The number of hydrogen-bond acceptors (Lipinski definition) is 4. The molecule has 5 nitrogen and oxygen atoms in total. The molecule has 0 N–H and O–H groups in total. The van der Waals surface area contributed by atoms with Crippen molar-refractivity contribution < 1.29 is 14.3 Å². The number of fused-ring (bicyclic) bond motifs is 1. The summed E-state index contributed by atoms with van der Waals surface area (Å²) in [7, 11) is 1.65. The molecule has 1 aromatic carbocycles. The van der Waals surface area contributed by atoms with Crippen LogP contribution in [-0.2, 0) is 17.8 Å². The summed E-state index contributed by atoms with van der Waals surface area (Å²) in [5.74, 6) is 2.54. The van der Waals surface area contributed by atoms with Crippen LogP contribution < -0.4 is 9.47 Å². The second-order valence-corrected chi connectivity index (χ2v) is 8.87. The van der Waals surface area contributed by atoms with Crippen molar-refractivity contribution in [3.05, 3.63) is 52.8 Å². The molecule has 0 aliphatic carbocycles. The van der Waals surface area contributed by atoms with Crippen molar-refractivity contribution >= 4 is 5.91 Å². The van der Waals surface area contributed by atoms with E-state index in [0.717, 1.165) is 35.9 Å². The summed E-state index contributed by atoms with van der Waals surface area (Å²) < 4.78 is 11.5. The fourth-order valence-corrected chi connectivity index (χ4v) is 4.23.